The predicted molar refractivity (Wildman–Crippen MR) is 187 cm³/mol. The van der Waals surface area contributed by atoms with Crippen LogP contribution in [0.1, 0.15) is 47.7 Å². The maximum absolute atomic E-state index is 13.5. The number of rotatable bonds is 6. The van der Waals surface area contributed by atoms with Crippen LogP contribution >= 0.6 is 0 Å². The molecule has 0 aliphatic carbocycles. The fraction of sp³-hybridized carbons (Fsp3) is 0.378. The maximum Gasteiger partial charge on any atom is 0.251 e. The summed E-state index contributed by atoms with van der Waals surface area (Å²) in [5, 5.41) is 20.6. The Morgan fingerprint density at radius 3 is 2.39 bits per heavy atom. The minimum Gasteiger partial charge on any atom is -0.496 e. The zero-order valence-electron chi connectivity index (χ0n) is 29.0. The lowest BCUT2D eigenvalue weighted by Gasteiger charge is -2.25. The molecule has 3 aromatic carbocycles. The maximum atomic E-state index is 13.5. The Labute approximate surface area is 296 Å². The number of aryl methyl sites for hydroxylation is 1. The molecule has 0 saturated heterocycles. The number of aliphatic hydroxyl groups is 1. The summed E-state index contributed by atoms with van der Waals surface area (Å²) in [6.45, 7) is 0.817. The highest BCUT2D eigenvalue weighted by Gasteiger charge is 2.26. The van der Waals surface area contributed by atoms with Gasteiger partial charge >= 0.3 is 0 Å². The number of methoxy groups -OCH3 is 2. The topological polar surface area (TPSA) is 185 Å². The number of hydrogen-bond acceptors (Lipinski definition) is 9. The van der Waals surface area contributed by atoms with Gasteiger partial charge in [0.05, 0.1) is 20.8 Å². The number of carbonyl (C=O) groups is 5. The number of nitrogens with zero attached hydrogens (tertiary/aromatic N) is 1. The monoisotopic (exact) mass is 703 g/mol. The van der Waals surface area contributed by atoms with Crippen LogP contribution in [0.3, 0.4) is 0 Å². The Morgan fingerprint density at radius 1 is 0.902 bits per heavy atom. The van der Waals surface area contributed by atoms with Crippen LogP contribution in [0.2, 0.25) is 0 Å². The molecule has 14 nitrogen and oxygen atoms in total. The highest BCUT2D eigenvalue weighted by atomic mass is 16.5. The van der Waals surface area contributed by atoms with E-state index in [1.807, 2.05) is 30.3 Å². The Bertz CT molecular complexity index is 1680. The highest BCUT2D eigenvalue weighted by molar-refractivity contribution is 5.95. The molecule has 0 radical (unpaired) electrons. The molecule has 0 fully saturated rings. The van der Waals surface area contributed by atoms with Crippen molar-refractivity contribution >= 4 is 29.5 Å². The van der Waals surface area contributed by atoms with E-state index in [0.717, 1.165) is 5.56 Å². The number of carbonyl (C=O) groups excluding carboxylic acids is 5. The van der Waals surface area contributed by atoms with Crippen molar-refractivity contribution in [1.82, 2.24) is 26.2 Å². The quantitative estimate of drug-likeness (QED) is 0.240. The molecule has 5 N–H and O–H groups in total. The number of hydrogen-bond donors (Lipinski definition) is 5. The molecule has 2 aliphatic heterocycles. The largest absolute Gasteiger partial charge is 0.496 e. The summed E-state index contributed by atoms with van der Waals surface area (Å²) >= 11 is 0. The number of benzene rings is 3. The van der Waals surface area contributed by atoms with Gasteiger partial charge < -0.3 is 45.5 Å². The molecule has 0 unspecified atom stereocenters. The Hall–Kier alpha value is -5.63. The van der Waals surface area contributed by atoms with Crippen molar-refractivity contribution in [2.75, 3.05) is 40.5 Å². The van der Waals surface area contributed by atoms with Crippen LogP contribution in [0.5, 0.6) is 23.0 Å². The van der Waals surface area contributed by atoms with Crippen molar-refractivity contribution in [2.45, 2.75) is 51.2 Å². The Morgan fingerprint density at radius 2 is 1.67 bits per heavy atom. The van der Waals surface area contributed by atoms with Gasteiger partial charge in [-0.15, -0.1) is 0 Å². The van der Waals surface area contributed by atoms with Crippen molar-refractivity contribution in [3.63, 3.8) is 0 Å². The van der Waals surface area contributed by atoms with Gasteiger partial charge in [-0.2, -0.15) is 0 Å². The molecule has 5 rings (SSSR count). The van der Waals surface area contributed by atoms with Crippen LogP contribution in [0.25, 0.3) is 0 Å². The molecule has 51 heavy (non-hydrogen) atoms. The lowest BCUT2D eigenvalue weighted by molar-refractivity contribution is -0.139. The minimum absolute atomic E-state index is 0.0738. The summed E-state index contributed by atoms with van der Waals surface area (Å²) < 4.78 is 17.1. The Kier molecular flexibility index (Phi) is 14.2. The molecule has 272 valence electrons. The summed E-state index contributed by atoms with van der Waals surface area (Å²) in [5.74, 6) is -1.13. The average molecular weight is 704 g/mol. The number of ether oxygens (including phenoxy) is 3. The van der Waals surface area contributed by atoms with E-state index in [2.05, 4.69) is 21.3 Å². The highest BCUT2D eigenvalue weighted by Crippen LogP contribution is 2.34. The first kappa shape index (κ1) is 38.2. The summed E-state index contributed by atoms with van der Waals surface area (Å²) in [7, 11) is 2.97. The first-order valence-electron chi connectivity index (χ1n) is 16.7. The summed E-state index contributed by atoms with van der Waals surface area (Å²) in [6.07, 6.45) is 1.57. The third kappa shape index (κ3) is 11.2. The second kappa shape index (κ2) is 18.9. The third-order valence-electron chi connectivity index (χ3n) is 8.30. The molecule has 14 heteroatoms. The lowest BCUT2D eigenvalue weighted by Crippen LogP contribution is -2.54. The molecule has 0 spiro atoms. The fourth-order valence-corrected chi connectivity index (χ4v) is 5.44. The first-order chi connectivity index (χ1) is 24.6. The van der Waals surface area contributed by atoms with Crippen molar-refractivity contribution < 1.29 is 43.3 Å². The van der Waals surface area contributed by atoms with E-state index < -0.39 is 48.9 Å². The van der Waals surface area contributed by atoms with Gasteiger partial charge in [-0.3, -0.25) is 24.0 Å². The fourth-order valence-electron chi connectivity index (χ4n) is 5.44. The molecule has 2 heterocycles. The lowest BCUT2D eigenvalue weighted by atomic mass is 10.0. The Balaban J connectivity index is 1.58. The normalized spacial score (nSPS) is 18.2. The van der Waals surface area contributed by atoms with Gasteiger partial charge in [0.2, 0.25) is 23.6 Å². The van der Waals surface area contributed by atoms with E-state index in [4.69, 9.17) is 14.2 Å². The van der Waals surface area contributed by atoms with Crippen LogP contribution in [-0.2, 0) is 32.1 Å². The van der Waals surface area contributed by atoms with Crippen molar-refractivity contribution in [1.29, 1.82) is 0 Å². The van der Waals surface area contributed by atoms with Crippen LogP contribution < -0.4 is 35.5 Å². The average Bonchev–Trinajstić information content (AvgIpc) is 3.14. The number of nitrogens with one attached hydrogen (secondary N) is 4. The molecule has 2 atom stereocenters. The molecule has 5 amide bonds. The molecule has 3 aromatic rings. The number of amides is 5. The molecule has 0 saturated carbocycles. The van der Waals surface area contributed by atoms with Crippen LogP contribution in [0, 0.1) is 0 Å². The number of fused-ring (bicyclic) bond motifs is 18. The van der Waals surface area contributed by atoms with Crippen molar-refractivity contribution in [2.24, 2.45) is 0 Å². The van der Waals surface area contributed by atoms with Crippen LogP contribution in [0.4, 0.5) is 0 Å². The smallest absolute Gasteiger partial charge is 0.251 e. The zero-order valence-corrected chi connectivity index (χ0v) is 29.0. The molecular weight excluding hydrogens is 658 g/mol. The van der Waals surface area contributed by atoms with E-state index in [0.29, 0.717) is 53.4 Å². The van der Waals surface area contributed by atoms with Gasteiger partial charge in [-0.05, 0) is 68.5 Å². The zero-order chi connectivity index (χ0) is 36.8. The first-order valence-corrected chi connectivity index (χ1v) is 16.7. The second-order valence-electron chi connectivity index (χ2n) is 12.0. The number of aliphatic hydroxyl groups excluding tert-OH is 1. The van der Waals surface area contributed by atoms with Crippen LogP contribution in [0.15, 0.2) is 66.7 Å². The minimum atomic E-state index is -1.02. The van der Waals surface area contributed by atoms with E-state index >= 15 is 0 Å². The van der Waals surface area contributed by atoms with Crippen LogP contribution in [-0.4, -0.2) is 92.1 Å². The van der Waals surface area contributed by atoms with Gasteiger partial charge in [-0.1, -0.05) is 30.3 Å². The third-order valence-corrected chi connectivity index (χ3v) is 8.30. The van der Waals surface area contributed by atoms with E-state index in [-0.39, 0.29) is 32.0 Å². The molecule has 2 aliphatic rings. The SMILES string of the molecule is COc1cc2ccc1CNC(=O)[C@H](C)NC(=O)[C@H](CCc1ccccc1)NC(=O)CN(C(=O)CO)CCCCNC(=O)c1ccc(OC)c(c1)O2. The van der Waals surface area contributed by atoms with Gasteiger partial charge in [0.1, 0.15) is 30.2 Å². The van der Waals surface area contributed by atoms with Gasteiger partial charge in [0.15, 0.2) is 11.5 Å². The van der Waals surface area contributed by atoms with Gasteiger partial charge in [-0.25, -0.2) is 0 Å². The molecular formula is C37H45N5O9. The van der Waals surface area contributed by atoms with Crippen molar-refractivity contribution in [3.05, 3.63) is 83.4 Å². The second-order valence-corrected chi connectivity index (χ2v) is 12.0. The standard InChI is InChI=1S/C37H45N5O9/c1-24-35(46)39-21-27-12-14-28(20-31(27)50-3)51-32-19-26(13-16-30(32)49-2)36(47)38-17-7-8-18-42(34(45)23-43)22-33(44)41-29(37(48)40-24)15-11-25-9-5-4-6-10-25/h4-6,9-10,12-14,16,19-20,24,29,43H,7-8,11,15,17-18,21-23H2,1-3H3,(H,38,47)(H,39,46)(H,40,48)(H,41,44)/t24-,29-/m0/s1. The van der Waals surface area contributed by atoms with Crippen molar-refractivity contribution in [3.8, 4) is 23.0 Å². The van der Waals surface area contributed by atoms with E-state index in [9.17, 15) is 29.1 Å². The van der Waals surface area contributed by atoms with Gasteiger partial charge in [0, 0.05) is 36.8 Å². The van der Waals surface area contributed by atoms with E-state index in [1.54, 1.807) is 36.4 Å². The summed E-state index contributed by atoms with van der Waals surface area (Å²) in [5.41, 5.74) is 1.92. The summed E-state index contributed by atoms with van der Waals surface area (Å²) in [4.78, 5) is 66.5. The molecule has 4 bridgehead atoms. The van der Waals surface area contributed by atoms with E-state index in [1.165, 1.54) is 26.0 Å². The predicted octanol–water partition coefficient (Wildman–Crippen LogP) is 2.08. The summed E-state index contributed by atoms with van der Waals surface area (Å²) in [6, 6.07) is 17.3. The molecule has 0 aromatic heterocycles. The van der Waals surface area contributed by atoms with Gasteiger partial charge in [0.25, 0.3) is 5.91 Å².